The van der Waals surface area contributed by atoms with Gasteiger partial charge in [-0.1, -0.05) is 32.0 Å². The molecule has 0 aliphatic rings. The molecule has 1 atom stereocenters. The van der Waals surface area contributed by atoms with E-state index in [0.29, 0.717) is 13.0 Å². The lowest BCUT2D eigenvalue weighted by molar-refractivity contribution is -0.130. The van der Waals surface area contributed by atoms with Gasteiger partial charge in [-0.3, -0.25) is 14.7 Å². The van der Waals surface area contributed by atoms with Crippen molar-refractivity contribution >= 4 is 22.7 Å². The van der Waals surface area contributed by atoms with Gasteiger partial charge in [0.1, 0.15) is 6.04 Å². The highest BCUT2D eigenvalue weighted by atomic mass is 16.2. The number of carbonyl (C=O) groups is 2. The van der Waals surface area contributed by atoms with E-state index in [1.807, 2.05) is 57.4 Å². The molecular weight excluding hydrogens is 366 g/mol. The van der Waals surface area contributed by atoms with Gasteiger partial charge in [0, 0.05) is 41.7 Å². The van der Waals surface area contributed by atoms with Crippen LogP contribution in [0.15, 0.2) is 36.7 Å². The van der Waals surface area contributed by atoms with Crippen molar-refractivity contribution in [1.82, 2.24) is 25.8 Å². The Morgan fingerprint density at radius 1 is 1.14 bits per heavy atom. The second-order valence-corrected chi connectivity index (χ2v) is 7.69. The molecule has 29 heavy (non-hydrogen) atoms. The highest BCUT2D eigenvalue weighted by Gasteiger charge is 2.23. The molecule has 0 spiro atoms. The van der Waals surface area contributed by atoms with Crippen LogP contribution in [0.25, 0.3) is 10.9 Å². The molecule has 1 aromatic carbocycles. The predicted octanol–water partition coefficient (Wildman–Crippen LogP) is 2.63. The highest BCUT2D eigenvalue weighted by Crippen LogP contribution is 2.19. The fourth-order valence-corrected chi connectivity index (χ4v) is 3.31. The largest absolute Gasteiger partial charge is 0.361 e. The summed E-state index contributed by atoms with van der Waals surface area (Å²) in [4.78, 5) is 28.3. The van der Waals surface area contributed by atoms with Gasteiger partial charge in [-0.25, -0.2) is 0 Å². The minimum Gasteiger partial charge on any atom is -0.361 e. The van der Waals surface area contributed by atoms with Gasteiger partial charge in [0.15, 0.2) is 0 Å². The van der Waals surface area contributed by atoms with E-state index in [4.69, 9.17) is 0 Å². The SMILES string of the molecule is Cc1[nH]ncc1CCCNC(=O)C(Cc1c[nH]c2ccccc12)NC(=O)C(C)C. The molecule has 0 radical (unpaired) electrons. The summed E-state index contributed by atoms with van der Waals surface area (Å²) in [6.07, 6.45) is 5.82. The summed E-state index contributed by atoms with van der Waals surface area (Å²) in [5.41, 5.74) is 4.24. The zero-order valence-corrected chi connectivity index (χ0v) is 17.2. The molecule has 4 N–H and O–H groups in total. The number of para-hydroxylation sites is 1. The van der Waals surface area contributed by atoms with Crippen LogP contribution < -0.4 is 10.6 Å². The predicted molar refractivity (Wildman–Crippen MR) is 113 cm³/mol. The molecule has 3 aromatic rings. The summed E-state index contributed by atoms with van der Waals surface area (Å²) in [5, 5.41) is 13.9. The summed E-state index contributed by atoms with van der Waals surface area (Å²) in [5.74, 6) is -0.468. The Balaban J connectivity index is 1.63. The molecule has 3 rings (SSSR count). The van der Waals surface area contributed by atoms with Gasteiger partial charge in [0.2, 0.25) is 11.8 Å². The number of amides is 2. The number of H-pyrrole nitrogens is 2. The van der Waals surface area contributed by atoms with E-state index in [9.17, 15) is 9.59 Å². The van der Waals surface area contributed by atoms with Crippen molar-refractivity contribution in [2.75, 3.05) is 6.54 Å². The van der Waals surface area contributed by atoms with Gasteiger partial charge in [0.25, 0.3) is 0 Å². The average molecular weight is 396 g/mol. The number of hydrogen-bond donors (Lipinski definition) is 4. The Labute approximate surface area is 170 Å². The number of benzene rings is 1. The molecule has 1 unspecified atom stereocenters. The van der Waals surface area contributed by atoms with Crippen LogP contribution in [0.5, 0.6) is 0 Å². The van der Waals surface area contributed by atoms with Crippen LogP contribution in [0.2, 0.25) is 0 Å². The normalized spacial score (nSPS) is 12.3. The lowest BCUT2D eigenvalue weighted by atomic mass is 10.0. The first-order chi connectivity index (χ1) is 14.0. The summed E-state index contributed by atoms with van der Waals surface area (Å²) in [6.45, 7) is 6.18. The third kappa shape index (κ3) is 5.25. The first-order valence-electron chi connectivity index (χ1n) is 10.1. The van der Waals surface area contributed by atoms with Crippen LogP contribution in [-0.4, -0.2) is 39.6 Å². The van der Waals surface area contributed by atoms with Crippen LogP contribution in [0.3, 0.4) is 0 Å². The van der Waals surface area contributed by atoms with Crippen molar-refractivity contribution in [1.29, 1.82) is 0 Å². The van der Waals surface area contributed by atoms with Crippen LogP contribution in [-0.2, 0) is 22.4 Å². The molecule has 7 nitrogen and oxygen atoms in total. The van der Waals surface area contributed by atoms with E-state index >= 15 is 0 Å². The third-order valence-electron chi connectivity index (χ3n) is 5.11. The van der Waals surface area contributed by atoms with Gasteiger partial charge in [-0.05, 0) is 37.0 Å². The molecule has 0 aliphatic carbocycles. The average Bonchev–Trinajstić information content (AvgIpc) is 3.30. The van der Waals surface area contributed by atoms with Gasteiger partial charge in [-0.2, -0.15) is 5.10 Å². The maximum absolute atomic E-state index is 12.8. The van der Waals surface area contributed by atoms with Gasteiger partial charge < -0.3 is 15.6 Å². The Hall–Kier alpha value is -3.09. The van der Waals surface area contributed by atoms with E-state index in [1.165, 1.54) is 0 Å². The number of hydrogen-bond acceptors (Lipinski definition) is 3. The molecule has 0 fully saturated rings. The van der Waals surface area contributed by atoms with Gasteiger partial charge in [0.05, 0.1) is 6.20 Å². The van der Waals surface area contributed by atoms with Crippen molar-refractivity contribution in [3.05, 3.63) is 53.5 Å². The van der Waals surface area contributed by atoms with Crippen molar-refractivity contribution < 1.29 is 9.59 Å². The topological polar surface area (TPSA) is 103 Å². The second kappa shape index (κ2) is 9.41. The van der Waals surface area contributed by atoms with E-state index < -0.39 is 6.04 Å². The maximum Gasteiger partial charge on any atom is 0.242 e. The molecule has 0 saturated carbocycles. The fraction of sp³-hybridized carbons (Fsp3) is 0.409. The molecule has 7 heteroatoms. The molecule has 2 aromatic heterocycles. The summed E-state index contributed by atoms with van der Waals surface area (Å²) < 4.78 is 0. The molecule has 2 amide bonds. The van der Waals surface area contributed by atoms with Gasteiger partial charge >= 0.3 is 0 Å². The van der Waals surface area contributed by atoms with E-state index in [0.717, 1.165) is 40.6 Å². The molecule has 154 valence electrons. The lowest BCUT2D eigenvalue weighted by Gasteiger charge is -2.19. The highest BCUT2D eigenvalue weighted by molar-refractivity contribution is 5.90. The smallest absolute Gasteiger partial charge is 0.242 e. The maximum atomic E-state index is 12.8. The zero-order valence-electron chi connectivity index (χ0n) is 17.2. The second-order valence-electron chi connectivity index (χ2n) is 7.69. The molecule has 0 bridgehead atoms. The summed E-state index contributed by atoms with van der Waals surface area (Å²) in [6, 6.07) is 7.35. The molecule has 2 heterocycles. The monoisotopic (exact) mass is 395 g/mol. The molecule has 0 aliphatic heterocycles. The fourth-order valence-electron chi connectivity index (χ4n) is 3.31. The van der Waals surface area contributed by atoms with Crippen molar-refractivity contribution in [2.24, 2.45) is 5.92 Å². The first kappa shape index (κ1) is 20.6. The minimum absolute atomic E-state index is 0.126. The third-order valence-corrected chi connectivity index (χ3v) is 5.11. The number of carbonyl (C=O) groups excluding carboxylic acids is 2. The minimum atomic E-state index is -0.611. The number of fused-ring (bicyclic) bond motifs is 1. The zero-order chi connectivity index (χ0) is 20.8. The Morgan fingerprint density at radius 2 is 1.93 bits per heavy atom. The van der Waals surface area contributed by atoms with Crippen molar-refractivity contribution in [3.8, 4) is 0 Å². The Morgan fingerprint density at radius 3 is 2.66 bits per heavy atom. The summed E-state index contributed by atoms with van der Waals surface area (Å²) in [7, 11) is 0. The standard InChI is InChI=1S/C22H29N5O2/c1-14(2)21(28)26-20(11-17-12-24-19-9-5-4-8-18(17)19)22(29)23-10-6-7-16-13-25-27-15(16)3/h4-5,8-9,12-14,20,24H,6-7,10-11H2,1-3H3,(H,23,29)(H,25,27)(H,26,28). The first-order valence-corrected chi connectivity index (χ1v) is 10.1. The number of nitrogens with one attached hydrogen (secondary N) is 4. The number of aryl methyl sites for hydroxylation is 2. The number of nitrogens with zero attached hydrogens (tertiary/aromatic N) is 1. The van der Waals surface area contributed by atoms with Crippen molar-refractivity contribution in [3.63, 3.8) is 0 Å². The van der Waals surface area contributed by atoms with Crippen LogP contribution in [0.1, 0.15) is 37.1 Å². The molecular formula is C22H29N5O2. The quantitative estimate of drug-likeness (QED) is 0.419. The van der Waals surface area contributed by atoms with E-state index in [-0.39, 0.29) is 17.7 Å². The number of rotatable bonds is 9. The Kier molecular flexibility index (Phi) is 6.69. The van der Waals surface area contributed by atoms with Crippen LogP contribution >= 0.6 is 0 Å². The van der Waals surface area contributed by atoms with E-state index in [1.54, 1.807) is 0 Å². The number of aromatic nitrogens is 3. The lowest BCUT2D eigenvalue weighted by Crippen LogP contribution is -2.49. The Bertz CT molecular complexity index is 972. The van der Waals surface area contributed by atoms with Gasteiger partial charge in [-0.15, -0.1) is 0 Å². The molecule has 0 saturated heterocycles. The number of aromatic amines is 2. The summed E-state index contributed by atoms with van der Waals surface area (Å²) >= 11 is 0. The van der Waals surface area contributed by atoms with Crippen molar-refractivity contribution in [2.45, 2.75) is 46.1 Å². The van der Waals surface area contributed by atoms with Crippen LogP contribution in [0, 0.1) is 12.8 Å². The van der Waals surface area contributed by atoms with Crippen LogP contribution in [0.4, 0.5) is 0 Å². The van der Waals surface area contributed by atoms with E-state index in [2.05, 4.69) is 25.8 Å².